The summed E-state index contributed by atoms with van der Waals surface area (Å²) in [5, 5.41) is 2.96. The molecule has 2 saturated heterocycles. The zero-order chi connectivity index (χ0) is 23.6. The normalized spacial score (nSPS) is 28.0. The number of amides is 4. The number of rotatable bonds is 5. The van der Waals surface area contributed by atoms with Crippen LogP contribution in [0.25, 0.3) is 6.08 Å². The van der Waals surface area contributed by atoms with Gasteiger partial charge in [-0.2, -0.15) is 0 Å². The van der Waals surface area contributed by atoms with E-state index in [-0.39, 0.29) is 23.8 Å². The molecule has 4 amide bonds. The fraction of sp³-hybridized carbons (Fsp3) is 0.577. The molecule has 0 aromatic heterocycles. The summed E-state index contributed by atoms with van der Waals surface area (Å²) < 4.78 is 0. The molecule has 2 heterocycles. The van der Waals surface area contributed by atoms with Gasteiger partial charge in [0, 0.05) is 32.7 Å². The Labute approximate surface area is 196 Å². The Morgan fingerprint density at radius 1 is 1.09 bits per heavy atom. The van der Waals surface area contributed by atoms with Crippen LogP contribution >= 0.6 is 0 Å². The lowest BCUT2D eigenvalue weighted by atomic mass is 9.64. The molecule has 7 nitrogen and oxygen atoms in total. The Bertz CT molecular complexity index is 921. The third-order valence-corrected chi connectivity index (χ3v) is 7.12. The number of hydrogen-bond acceptors (Lipinski definition) is 4. The van der Waals surface area contributed by atoms with E-state index in [1.807, 2.05) is 18.2 Å². The minimum Gasteiger partial charge on any atom is -0.339 e. The molecule has 2 aliphatic heterocycles. The van der Waals surface area contributed by atoms with Crippen molar-refractivity contribution in [3.63, 3.8) is 0 Å². The second-order valence-corrected chi connectivity index (χ2v) is 10.8. The summed E-state index contributed by atoms with van der Waals surface area (Å²) in [7, 11) is 0. The van der Waals surface area contributed by atoms with E-state index in [0.717, 1.165) is 31.0 Å². The van der Waals surface area contributed by atoms with Crippen molar-refractivity contribution in [3.05, 3.63) is 42.0 Å². The molecule has 0 bridgehead atoms. The number of piperazine rings is 1. The number of urea groups is 1. The molecule has 1 saturated carbocycles. The van der Waals surface area contributed by atoms with E-state index in [1.165, 1.54) is 5.56 Å². The minimum absolute atomic E-state index is 0.0219. The lowest BCUT2D eigenvalue weighted by molar-refractivity contribution is -0.141. The van der Waals surface area contributed by atoms with E-state index >= 15 is 0 Å². The van der Waals surface area contributed by atoms with Crippen LogP contribution in [0.2, 0.25) is 0 Å². The summed E-state index contributed by atoms with van der Waals surface area (Å²) in [6.07, 6.45) is 6.54. The molecule has 33 heavy (non-hydrogen) atoms. The van der Waals surface area contributed by atoms with Crippen molar-refractivity contribution < 1.29 is 14.4 Å². The molecular weight excluding hydrogens is 416 g/mol. The van der Waals surface area contributed by atoms with Crippen LogP contribution in [0.15, 0.2) is 36.4 Å². The molecule has 1 spiro atoms. The lowest BCUT2D eigenvalue weighted by Gasteiger charge is -2.43. The first-order chi connectivity index (χ1) is 15.7. The van der Waals surface area contributed by atoms with Crippen molar-refractivity contribution in [2.45, 2.75) is 45.6 Å². The van der Waals surface area contributed by atoms with Crippen molar-refractivity contribution >= 4 is 23.9 Å². The molecule has 3 aliphatic rings. The molecule has 178 valence electrons. The van der Waals surface area contributed by atoms with Crippen LogP contribution in [0, 0.1) is 11.3 Å². The summed E-state index contributed by atoms with van der Waals surface area (Å²) in [4.78, 5) is 44.1. The smallest absolute Gasteiger partial charge is 0.325 e. The van der Waals surface area contributed by atoms with Crippen LogP contribution < -0.4 is 5.32 Å². The predicted molar refractivity (Wildman–Crippen MR) is 128 cm³/mol. The fourth-order valence-corrected chi connectivity index (χ4v) is 5.97. The van der Waals surface area contributed by atoms with Crippen LogP contribution in [-0.4, -0.2) is 77.4 Å². The second-order valence-electron chi connectivity index (χ2n) is 10.8. The Balaban J connectivity index is 1.29. The Hall–Kier alpha value is -2.67. The van der Waals surface area contributed by atoms with Gasteiger partial charge in [-0.1, -0.05) is 63.3 Å². The summed E-state index contributed by atoms with van der Waals surface area (Å²) in [5.74, 6) is -0.0408. The number of benzene rings is 1. The van der Waals surface area contributed by atoms with Crippen molar-refractivity contribution in [2.75, 3.05) is 39.3 Å². The van der Waals surface area contributed by atoms with Gasteiger partial charge in [-0.25, -0.2) is 4.79 Å². The van der Waals surface area contributed by atoms with Crippen molar-refractivity contribution in [3.8, 4) is 0 Å². The largest absolute Gasteiger partial charge is 0.339 e. The molecule has 1 aromatic carbocycles. The van der Waals surface area contributed by atoms with Crippen LogP contribution in [0.5, 0.6) is 0 Å². The number of nitrogens with zero attached hydrogens (tertiary/aromatic N) is 3. The van der Waals surface area contributed by atoms with Crippen molar-refractivity contribution in [1.29, 1.82) is 0 Å². The summed E-state index contributed by atoms with van der Waals surface area (Å²) >= 11 is 0. The van der Waals surface area contributed by atoms with Crippen LogP contribution in [-0.2, 0) is 9.59 Å². The fourth-order valence-electron chi connectivity index (χ4n) is 5.97. The lowest BCUT2D eigenvalue weighted by Crippen LogP contribution is -2.55. The van der Waals surface area contributed by atoms with Gasteiger partial charge in [0.15, 0.2) is 0 Å². The number of imide groups is 1. The topological polar surface area (TPSA) is 73.0 Å². The van der Waals surface area contributed by atoms with Gasteiger partial charge >= 0.3 is 6.03 Å². The molecular formula is C26H36N4O3. The number of hydrogen-bond donors (Lipinski definition) is 1. The summed E-state index contributed by atoms with van der Waals surface area (Å²) in [5.41, 5.74) is 0.294. The molecule has 1 N–H and O–H groups in total. The van der Waals surface area contributed by atoms with Gasteiger partial charge in [-0.3, -0.25) is 19.4 Å². The zero-order valence-corrected chi connectivity index (χ0v) is 20.0. The van der Waals surface area contributed by atoms with Crippen LogP contribution in [0.1, 0.15) is 45.6 Å². The first-order valence-corrected chi connectivity index (χ1v) is 12.0. The van der Waals surface area contributed by atoms with Gasteiger partial charge in [0.25, 0.3) is 5.91 Å². The Morgan fingerprint density at radius 3 is 2.45 bits per heavy atom. The van der Waals surface area contributed by atoms with E-state index in [0.29, 0.717) is 31.8 Å². The maximum absolute atomic E-state index is 13.3. The molecule has 2 atom stereocenters. The summed E-state index contributed by atoms with van der Waals surface area (Å²) in [6.45, 7) is 9.85. The molecule has 1 aromatic rings. The first kappa shape index (κ1) is 23.5. The monoisotopic (exact) mass is 452 g/mol. The van der Waals surface area contributed by atoms with E-state index in [4.69, 9.17) is 0 Å². The van der Waals surface area contributed by atoms with Crippen LogP contribution in [0.3, 0.4) is 0 Å². The van der Waals surface area contributed by atoms with Gasteiger partial charge in [-0.15, -0.1) is 0 Å². The Morgan fingerprint density at radius 2 is 1.79 bits per heavy atom. The highest BCUT2D eigenvalue weighted by atomic mass is 16.2. The van der Waals surface area contributed by atoms with Gasteiger partial charge < -0.3 is 10.2 Å². The van der Waals surface area contributed by atoms with E-state index in [2.05, 4.69) is 55.3 Å². The third-order valence-electron chi connectivity index (χ3n) is 7.12. The molecule has 0 radical (unpaired) electrons. The standard InChI is InChI=1S/C26H36N4O3/c1-20-16-25(2,3)19-26(17-20)23(32)30(24(33)27-26)18-22(31)29-14-12-28(13-15-29)11-7-10-21-8-5-4-6-9-21/h4-10,20H,11-19H2,1-3H3,(H,27,33)/b10-7+. The average Bonchev–Trinajstić information content (AvgIpc) is 2.96. The number of carbonyl (C=O) groups excluding carboxylic acids is 3. The molecule has 4 rings (SSSR count). The minimum atomic E-state index is -0.859. The van der Waals surface area contributed by atoms with E-state index in [9.17, 15) is 14.4 Å². The van der Waals surface area contributed by atoms with E-state index in [1.54, 1.807) is 4.90 Å². The van der Waals surface area contributed by atoms with Gasteiger partial charge in [0.2, 0.25) is 5.91 Å². The van der Waals surface area contributed by atoms with Crippen molar-refractivity contribution in [1.82, 2.24) is 20.0 Å². The Kier molecular flexibility index (Phi) is 6.61. The molecule has 7 heteroatoms. The highest BCUT2D eigenvalue weighted by Gasteiger charge is 2.56. The molecule has 3 fully saturated rings. The third kappa shape index (κ3) is 5.29. The molecule has 2 unspecified atom stereocenters. The average molecular weight is 453 g/mol. The maximum Gasteiger partial charge on any atom is 0.325 e. The van der Waals surface area contributed by atoms with Gasteiger partial charge in [0.1, 0.15) is 12.1 Å². The van der Waals surface area contributed by atoms with Gasteiger partial charge in [-0.05, 0) is 36.2 Å². The SMILES string of the molecule is CC1CC(C)(C)CC2(C1)NC(=O)N(CC(=O)N1CCN(C/C=C/c3ccccc3)CC1)C2=O. The van der Waals surface area contributed by atoms with Crippen LogP contribution in [0.4, 0.5) is 4.79 Å². The number of nitrogens with one attached hydrogen (secondary N) is 1. The maximum atomic E-state index is 13.3. The predicted octanol–water partition coefficient (Wildman–Crippen LogP) is 2.98. The van der Waals surface area contributed by atoms with Gasteiger partial charge in [0.05, 0.1) is 0 Å². The summed E-state index contributed by atoms with van der Waals surface area (Å²) in [6, 6.07) is 9.76. The zero-order valence-electron chi connectivity index (χ0n) is 20.0. The first-order valence-electron chi connectivity index (χ1n) is 12.0. The highest BCUT2D eigenvalue weighted by molar-refractivity contribution is 6.09. The second kappa shape index (κ2) is 9.29. The molecule has 1 aliphatic carbocycles. The highest BCUT2D eigenvalue weighted by Crippen LogP contribution is 2.46. The van der Waals surface area contributed by atoms with E-state index < -0.39 is 11.6 Å². The quantitative estimate of drug-likeness (QED) is 0.697. The number of carbonyl (C=O) groups is 3. The van der Waals surface area contributed by atoms with Crippen molar-refractivity contribution in [2.24, 2.45) is 11.3 Å².